The first-order valence-electron chi connectivity index (χ1n) is 8.00. The van der Waals surface area contributed by atoms with Gasteiger partial charge in [0.15, 0.2) is 12.0 Å². The van der Waals surface area contributed by atoms with Gasteiger partial charge in [0.25, 0.3) is 0 Å². The lowest BCUT2D eigenvalue weighted by atomic mass is 9.83. The van der Waals surface area contributed by atoms with Gasteiger partial charge in [-0.2, -0.15) is 0 Å². The van der Waals surface area contributed by atoms with Crippen molar-refractivity contribution in [3.63, 3.8) is 0 Å². The van der Waals surface area contributed by atoms with E-state index in [1.54, 1.807) is 24.5 Å². The van der Waals surface area contributed by atoms with Crippen LogP contribution in [-0.2, 0) is 5.54 Å². The van der Waals surface area contributed by atoms with Gasteiger partial charge in [0.05, 0.1) is 0 Å². The smallest absolute Gasteiger partial charge is 0.174 e. The fourth-order valence-electron chi connectivity index (χ4n) is 3.29. The highest BCUT2D eigenvalue weighted by Crippen LogP contribution is 2.46. The molecule has 0 bridgehead atoms. The summed E-state index contributed by atoms with van der Waals surface area (Å²) in [5.41, 5.74) is 13.9. The normalized spacial score (nSPS) is 21.3. The highest BCUT2D eigenvalue weighted by Gasteiger charge is 2.48. The third-order valence-corrected chi connectivity index (χ3v) is 4.59. The summed E-state index contributed by atoms with van der Waals surface area (Å²) < 4.78 is 33.5. The van der Waals surface area contributed by atoms with E-state index in [2.05, 4.69) is 9.97 Å². The molecule has 0 amide bonds. The number of ether oxygens (including phenoxy) is 1. The van der Waals surface area contributed by atoms with Gasteiger partial charge in [0.1, 0.15) is 22.9 Å². The molecule has 0 saturated heterocycles. The first-order valence-corrected chi connectivity index (χ1v) is 8.00. The number of pyridine rings is 2. The minimum Gasteiger partial charge on any atom is -0.470 e. The van der Waals surface area contributed by atoms with E-state index < -0.39 is 23.4 Å². The van der Waals surface area contributed by atoms with Crippen molar-refractivity contribution in [1.82, 2.24) is 9.97 Å². The summed E-state index contributed by atoms with van der Waals surface area (Å²) in [4.78, 5) is 8.54. The quantitative estimate of drug-likeness (QED) is 0.739. The van der Waals surface area contributed by atoms with E-state index in [1.165, 1.54) is 6.07 Å². The number of hydrogen-bond acceptors (Lipinski definition) is 5. The van der Waals surface area contributed by atoms with Crippen molar-refractivity contribution in [1.29, 1.82) is 0 Å². The summed E-state index contributed by atoms with van der Waals surface area (Å²) in [6.07, 6.45) is 2.17. The average molecular weight is 354 g/mol. The Balaban J connectivity index is 1.92. The molecule has 0 spiro atoms. The van der Waals surface area contributed by atoms with Crippen LogP contribution in [0.15, 0.2) is 48.8 Å². The van der Waals surface area contributed by atoms with E-state index in [0.29, 0.717) is 17.0 Å². The molecule has 4 N–H and O–H groups in total. The number of aromatic nitrogens is 2. The molecule has 0 saturated carbocycles. The summed E-state index contributed by atoms with van der Waals surface area (Å²) in [5.74, 6) is -1.08. The molecule has 26 heavy (non-hydrogen) atoms. The van der Waals surface area contributed by atoms with Crippen molar-refractivity contribution in [2.75, 3.05) is 0 Å². The van der Waals surface area contributed by atoms with Gasteiger partial charge in [-0.05, 0) is 31.2 Å². The monoisotopic (exact) mass is 354 g/mol. The molecule has 2 aromatic heterocycles. The predicted molar refractivity (Wildman–Crippen MR) is 92.1 cm³/mol. The molecule has 3 aromatic rings. The van der Waals surface area contributed by atoms with Crippen LogP contribution >= 0.6 is 0 Å². The lowest BCUT2D eigenvalue weighted by Gasteiger charge is -2.28. The molecule has 7 heteroatoms. The number of benzene rings is 1. The number of fused-ring (bicyclic) bond motifs is 1. The highest BCUT2D eigenvalue weighted by molar-refractivity contribution is 5.71. The van der Waals surface area contributed by atoms with Gasteiger partial charge in [-0.15, -0.1) is 0 Å². The van der Waals surface area contributed by atoms with Crippen LogP contribution in [0.3, 0.4) is 0 Å². The van der Waals surface area contributed by atoms with Gasteiger partial charge < -0.3 is 10.5 Å². The molecular weight excluding hydrogens is 338 g/mol. The average Bonchev–Trinajstić information content (AvgIpc) is 2.86. The van der Waals surface area contributed by atoms with Crippen molar-refractivity contribution in [3.05, 3.63) is 77.2 Å². The Kier molecular flexibility index (Phi) is 3.71. The van der Waals surface area contributed by atoms with Crippen molar-refractivity contribution in [2.24, 2.45) is 11.5 Å². The molecule has 0 fully saturated rings. The molecule has 4 rings (SSSR count). The number of halogens is 2. The van der Waals surface area contributed by atoms with Gasteiger partial charge in [-0.3, -0.25) is 15.7 Å². The molecule has 0 radical (unpaired) electrons. The van der Waals surface area contributed by atoms with Crippen molar-refractivity contribution < 1.29 is 13.5 Å². The van der Waals surface area contributed by atoms with Crippen LogP contribution in [0.2, 0.25) is 0 Å². The highest BCUT2D eigenvalue weighted by atomic mass is 19.1. The van der Waals surface area contributed by atoms with E-state index >= 15 is 0 Å². The van der Waals surface area contributed by atoms with Crippen molar-refractivity contribution >= 4 is 0 Å². The molecule has 132 valence electrons. The second-order valence-corrected chi connectivity index (χ2v) is 6.25. The molecule has 1 aromatic carbocycles. The number of rotatable bonds is 2. The number of nitrogens with zero attached hydrogens (tertiary/aromatic N) is 2. The minimum absolute atomic E-state index is 0.0632. The fraction of sp³-hybridized carbons (Fsp3) is 0.158. The largest absolute Gasteiger partial charge is 0.470 e. The molecule has 5 nitrogen and oxygen atoms in total. The second kappa shape index (κ2) is 5.82. The molecule has 1 aliphatic heterocycles. The third-order valence-electron chi connectivity index (χ3n) is 4.59. The molecular formula is C19H16F2N4O. The van der Waals surface area contributed by atoms with Crippen LogP contribution in [0, 0.1) is 18.6 Å². The van der Waals surface area contributed by atoms with Crippen LogP contribution in [-0.4, -0.2) is 16.2 Å². The van der Waals surface area contributed by atoms with Gasteiger partial charge in [-0.1, -0.05) is 6.07 Å². The third kappa shape index (κ3) is 2.36. The lowest BCUT2D eigenvalue weighted by Crippen LogP contribution is -2.52. The number of nitrogens with two attached hydrogens (primary N) is 2. The SMILES string of the molecule is Cc1cc(-c2nccc3c2OC(N)C3(N)c2ccc(F)cc2F)ccn1. The second-order valence-electron chi connectivity index (χ2n) is 6.25. The van der Waals surface area contributed by atoms with Crippen LogP contribution in [0.1, 0.15) is 16.8 Å². The van der Waals surface area contributed by atoms with Gasteiger partial charge in [0.2, 0.25) is 0 Å². The van der Waals surface area contributed by atoms with E-state index in [0.717, 1.165) is 23.4 Å². The maximum atomic E-state index is 14.4. The van der Waals surface area contributed by atoms with E-state index in [1.807, 2.05) is 13.0 Å². The maximum Gasteiger partial charge on any atom is 0.174 e. The minimum atomic E-state index is -1.47. The summed E-state index contributed by atoms with van der Waals surface area (Å²) in [5, 5.41) is 0. The van der Waals surface area contributed by atoms with Crippen LogP contribution in [0.4, 0.5) is 8.78 Å². The van der Waals surface area contributed by atoms with Gasteiger partial charge in [-0.25, -0.2) is 8.78 Å². The fourth-order valence-corrected chi connectivity index (χ4v) is 3.29. The van der Waals surface area contributed by atoms with Crippen molar-refractivity contribution in [3.8, 4) is 17.0 Å². The zero-order valence-corrected chi connectivity index (χ0v) is 13.9. The zero-order chi connectivity index (χ0) is 18.5. The summed E-state index contributed by atoms with van der Waals surface area (Å²) >= 11 is 0. The van der Waals surface area contributed by atoms with E-state index in [-0.39, 0.29) is 5.56 Å². The maximum absolute atomic E-state index is 14.4. The summed E-state index contributed by atoms with van der Waals surface area (Å²) in [7, 11) is 0. The first kappa shape index (κ1) is 16.6. The Bertz CT molecular complexity index is 1010. The Labute approximate surface area is 148 Å². The van der Waals surface area contributed by atoms with Crippen LogP contribution in [0.25, 0.3) is 11.3 Å². The zero-order valence-electron chi connectivity index (χ0n) is 13.9. The Morgan fingerprint density at radius 2 is 1.81 bits per heavy atom. The van der Waals surface area contributed by atoms with E-state index in [9.17, 15) is 8.78 Å². The standard InChI is InChI=1S/C19H16F2N4O/c1-10-8-11(4-6-24-10)16-17-14(5-7-25-16)19(23,18(22)26-17)13-3-2-12(20)9-15(13)21/h2-9,18H,22-23H2,1H3. The van der Waals surface area contributed by atoms with Crippen molar-refractivity contribution in [2.45, 2.75) is 18.7 Å². The van der Waals surface area contributed by atoms with Crippen LogP contribution in [0.5, 0.6) is 5.75 Å². The molecule has 2 atom stereocenters. The Morgan fingerprint density at radius 1 is 1.04 bits per heavy atom. The predicted octanol–water partition coefficient (Wildman–Crippen LogP) is 2.61. The lowest BCUT2D eigenvalue weighted by molar-refractivity contribution is 0.175. The Morgan fingerprint density at radius 3 is 2.54 bits per heavy atom. The number of aryl methyl sites for hydroxylation is 1. The summed E-state index contributed by atoms with van der Waals surface area (Å²) in [6.45, 7) is 1.86. The van der Waals surface area contributed by atoms with Gasteiger partial charge >= 0.3 is 0 Å². The van der Waals surface area contributed by atoms with Gasteiger partial charge in [0, 0.05) is 40.8 Å². The number of hydrogen-bond donors (Lipinski definition) is 2. The summed E-state index contributed by atoms with van der Waals surface area (Å²) in [6, 6.07) is 8.50. The molecule has 0 aliphatic carbocycles. The Hall–Kier alpha value is -2.90. The topological polar surface area (TPSA) is 87.0 Å². The molecule has 2 unspecified atom stereocenters. The molecule has 3 heterocycles. The first-order chi connectivity index (χ1) is 12.4. The van der Waals surface area contributed by atoms with Crippen LogP contribution < -0.4 is 16.2 Å². The van der Waals surface area contributed by atoms with E-state index in [4.69, 9.17) is 16.2 Å². The molecule has 1 aliphatic rings.